The Morgan fingerprint density at radius 1 is 0.222 bits per heavy atom. The molecule has 0 aliphatic rings. The van der Waals surface area contributed by atoms with Crippen LogP contribution in [0.3, 0.4) is 0 Å². The number of rotatable bonds is 58. The van der Waals surface area contributed by atoms with Crippen LogP contribution in [-0.4, -0.2) is 171 Å². The van der Waals surface area contributed by atoms with Gasteiger partial charge >= 0.3 is 5.97 Å². The van der Waals surface area contributed by atoms with Gasteiger partial charge in [-0.25, -0.2) is 0 Å². The Balaban J connectivity index is 3.10. The van der Waals surface area contributed by atoms with Gasteiger partial charge in [-0.05, 0) is 12.8 Å². The molecule has 0 aliphatic heterocycles. The van der Waals surface area contributed by atoms with E-state index in [0.717, 1.165) is 25.9 Å². The summed E-state index contributed by atoms with van der Waals surface area (Å²) in [6.45, 7) is 17.4. The van der Waals surface area contributed by atoms with Crippen LogP contribution in [0.25, 0.3) is 0 Å². The summed E-state index contributed by atoms with van der Waals surface area (Å²) < 4.78 is 71.6. The Bertz CT molecular complexity index is 827. The van der Waals surface area contributed by atoms with Crippen molar-refractivity contribution >= 4 is 5.97 Å². The summed E-state index contributed by atoms with van der Waals surface area (Å²) in [6, 6.07) is 0. The van der Waals surface area contributed by atoms with Gasteiger partial charge in [0.25, 0.3) is 0 Å². The van der Waals surface area contributed by atoms with Crippen molar-refractivity contribution in [2.45, 2.75) is 149 Å². The predicted octanol–water partition coefficient (Wildman–Crippen LogP) is 8.96. The van der Waals surface area contributed by atoms with E-state index in [-0.39, 0.29) is 12.6 Å². The first-order valence-corrected chi connectivity index (χ1v) is 25.4. The van der Waals surface area contributed by atoms with Crippen molar-refractivity contribution in [2.75, 3.05) is 165 Å². The molecule has 0 radical (unpaired) electrons. The molecule has 0 saturated heterocycles. The zero-order valence-electron chi connectivity index (χ0n) is 40.7. The third-order valence-electron chi connectivity index (χ3n) is 9.96. The van der Waals surface area contributed by atoms with Crippen LogP contribution in [0.2, 0.25) is 0 Å². The van der Waals surface area contributed by atoms with Crippen molar-refractivity contribution in [3.63, 3.8) is 0 Å². The molecule has 0 saturated carbocycles. The van der Waals surface area contributed by atoms with Gasteiger partial charge in [0.2, 0.25) is 0 Å². The number of hydrogen-bond acceptors (Lipinski definition) is 14. The number of unbranched alkanes of at least 4 members (excludes halogenated alkanes) is 18. The Hall–Kier alpha value is -1.01. The van der Waals surface area contributed by atoms with Crippen LogP contribution in [0.5, 0.6) is 0 Å². The van der Waals surface area contributed by atoms with Crippen molar-refractivity contribution in [3.8, 4) is 0 Å². The molecule has 14 nitrogen and oxygen atoms in total. The molecule has 0 unspecified atom stereocenters. The fourth-order valence-electron chi connectivity index (χ4n) is 6.26. The number of ether oxygens (including phenoxy) is 13. The van der Waals surface area contributed by atoms with Crippen LogP contribution in [0.1, 0.15) is 149 Å². The van der Waals surface area contributed by atoms with Gasteiger partial charge in [-0.1, -0.05) is 129 Å². The minimum atomic E-state index is -0.136. The van der Waals surface area contributed by atoms with Crippen LogP contribution in [0, 0.1) is 0 Å². The van der Waals surface area contributed by atoms with E-state index in [0.29, 0.717) is 158 Å². The van der Waals surface area contributed by atoms with Gasteiger partial charge in [-0.15, -0.1) is 0 Å². The van der Waals surface area contributed by atoms with Gasteiger partial charge < -0.3 is 61.6 Å². The topological polar surface area (TPSA) is 137 Å². The van der Waals surface area contributed by atoms with Crippen LogP contribution >= 0.6 is 0 Å². The monoisotopic (exact) mass is 911 g/mol. The highest BCUT2D eigenvalue weighted by molar-refractivity contribution is 5.69. The molecule has 0 amide bonds. The Morgan fingerprint density at radius 2 is 0.413 bits per heavy atom. The van der Waals surface area contributed by atoms with Crippen LogP contribution in [0.4, 0.5) is 0 Å². The average Bonchev–Trinajstić information content (AvgIpc) is 3.29. The molecule has 378 valence electrons. The SMILES string of the molecule is CCCCCCCCCCCCCOCCOCCOCCOCCOCCOCCOCCOCCOCCOCCOCCOCCOC(=O)CCCCCCCCCCC. The molecule has 14 heteroatoms. The molecule has 0 aromatic carbocycles. The lowest BCUT2D eigenvalue weighted by molar-refractivity contribution is -0.145. The van der Waals surface area contributed by atoms with E-state index in [1.54, 1.807) is 0 Å². The number of carbonyl (C=O) groups excluding carboxylic acids is 1. The molecular weight excluding hydrogens is 813 g/mol. The van der Waals surface area contributed by atoms with E-state index in [1.807, 2.05) is 0 Å². The van der Waals surface area contributed by atoms with Gasteiger partial charge in [0.1, 0.15) is 6.61 Å². The van der Waals surface area contributed by atoms with Gasteiger partial charge in [-0.2, -0.15) is 0 Å². The molecule has 0 heterocycles. The first-order chi connectivity index (χ1) is 31.3. The molecule has 63 heavy (non-hydrogen) atoms. The maximum absolute atomic E-state index is 11.8. The molecule has 0 spiro atoms. The number of hydrogen-bond donors (Lipinski definition) is 0. The van der Waals surface area contributed by atoms with Crippen molar-refractivity contribution in [3.05, 3.63) is 0 Å². The minimum Gasteiger partial charge on any atom is -0.463 e. The Kier molecular flexibility index (Phi) is 58.1. The summed E-state index contributed by atoms with van der Waals surface area (Å²) in [5, 5.41) is 0. The Labute approximate surface area is 385 Å². The minimum absolute atomic E-state index is 0.136. The second-order valence-corrected chi connectivity index (χ2v) is 15.7. The summed E-state index contributed by atoms with van der Waals surface area (Å²) in [5.41, 5.74) is 0. The fourth-order valence-corrected chi connectivity index (χ4v) is 6.26. The molecule has 0 rings (SSSR count). The van der Waals surface area contributed by atoms with Crippen LogP contribution in [0.15, 0.2) is 0 Å². The second-order valence-electron chi connectivity index (χ2n) is 15.7. The van der Waals surface area contributed by atoms with E-state index in [9.17, 15) is 4.79 Å². The smallest absolute Gasteiger partial charge is 0.305 e. The average molecular weight is 911 g/mol. The highest BCUT2D eigenvalue weighted by Gasteiger charge is 2.03. The molecule has 0 fully saturated rings. The predicted molar refractivity (Wildman–Crippen MR) is 249 cm³/mol. The molecular formula is C49H98O14. The molecule has 0 atom stereocenters. The van der Waals surface area contributed by atoms with Crippen LogP contribution < -0.4 is 0 Å². The normalized spacial score (nSPS) is 11.6. The van der Waals surface area contributed by atoms with E-state index < -0.39 is 0 Å². The largest absolute Gasteiger partial charge is 0.463 e. The van der Waals surface area contributed by atoms with Gasteiger partial charge in [-0.3, -0.25) is 4.79 Å². The third-order valence-corrected chi connectivity index (χ3v) is 9.96. The third kappa shape index (κ3) is 59.0. The first kappa shape index (κ1) is 62.0. The zero-order valence-corrected chi connectivity index (χ0v) is 40.7. The standard InChI is InChI=1S/C49H98O14/c1-3-5-7-9-11-13-14-16-18-20-22-24-51-25-26-52-27-28-53-29-30-54-31-32-55-33-34-56-35-36-57-37-38-58-39-40-59-41-42-60-43-44-61-45-46-62-47-48-63-49(50)23-21-19-17-15-12-10-8-6-4-2/h3-48H2,1-2H3. The number of carbonyl (C=O) groups is 1. The second kappa shape index (κ2) is 59.0. The summed E-state index contributed by atoms with van der Waals surface area (Å²) in [7, 11) is 0. The van der Waals surface area contributed by atoms with Crippen molar-refractivity contribution in [1.29, 1.82) is 0 Å². The van der Waals surface area contributed by atoms with Gasteiger partial charge in [0.05, 0.1) is 152 Å². The lowest BCUT2D eigenvalue weighted by atomic mass is 10.1. The number of esters is 1. The van der Waals surface area contributed by atoms with E-state index in [2.05, 4.69) is 13.8 Å². The molecule has 0 aromatic heterocycles. The zero-order chi connectivity index (χ0) is 45.3. The first-order valence-electron chi connectivity index (χ1n) is 25.4. The Morgan fingerprint density at radius 3 is 0.667 bits per heavy atom. The summed E-state index contributed by atoms with van der Waals surface area (Å²) >= 11 is 0. The van der Waals surface area contributed by atoms with Crippen LogP contribution in [-0.2, 0) is 66.4 Å². The van der Waals surface area contributed by atoms with Gasteiger partial charge in [0.15, 0.2) is 0 Å². The highest BCUT2D eigenvalue weighted by Crippen LogP contribution is 2.12. The summed E-state index contributed by atoms with van der Waals surface area (Å²) in [6.07, 6.45) is 26.4. The van der Waals surface area contributed by atoms with Crippen molar-refractivity contribution in [1.82, 2.24) is 0 Å². The van der Waals surface area contributed by atoms with E-state index >= 15 is 0 Å². The highest BCUT2D eigenvalue weighted by atomic mass is 16.6. The molecule has 0 bridgehead atoms. The lowest BCUT2D eigenvalue weighted by Gasteiger charge is -2.09. The van der Waals surface area contributed by atoms with E-state index in [4.69, 9.17) is 61.6 Å². The fraction of sp³-hybridized carbons (Fsp3) is 0.980. The lowest BCUT2D eigenvalue weighted by Crippen LogP contribution is -2.15. The molecule has 0 aliphatic carbocycles. The molecule has 0 aromatic rings. The maximum atomic E-state index is 11.8. The van der Waals surface area contributed by atoms with Gasteiger partial charge in [0, 0.05) is 13.0 Å². The quantitative estimate of drug-likeness (QED) is 0.0424. The van der Waals surface area contributed by atoms with Crippen molar-refractivity contribution < 1.29 is 66.4 Å². The molecule has 0 N–H and O–H groups in total. The summed E-state index contributed by atoms with van der Waals surface area (Å²) in [4.78, 5) is 11.8. The summed E-state index contributed by atoms with van der Waals surface area (Å²) in [5.74, 6) is -0.136. The van der Waals surface area contributed by atoms with Crippen molar-refractivity contribution in [2.24, 2.45) is 0 Å². The maximum Gasteiger partial charge on any atom is 0.305 e. The van der Waals surface area contributed by atoms with E-state index in [1.165, 1.54) is 109 Å².